The SMILES string of the molecule is C=CCn1c(SCC(=O)N(C)[C@@H]2CCS(=O)(=O)C2)nc2sc(CC)cc2c1=O. The van der Waals surface area contributed by atoms with Crippen LogP contribution in [-0.2, 0) is 27.6 Å². The van der Waals surface area contributed by atoms with Crippen molar-refractivity contribution in [1.82, 2.24) is 14.5 Å². The number of rotatable bonds is 7. The van der Waals surface area contributed by atoms with Crippen molar-refractivity contribution in [1.29, 1.82) is 0 Å². The van der Waals surface area contributed by atoms with Gasteiger partial charge in [0.05, 0.1) is 22.6 Å². The highest BCUT2D eigenvalue weighted by atomic mass is 32.2. The van der Waals surface area contributed by atoms with Gasteiger partial charge < -0.3 is 4.90 Å². The Morgan fingerprint density at radius 3 is 2.89 bits per heavy atom. The first-order valence-electron chi connectivity index (χ1n) is 8.98. The topological polar surface area (TPSA) is 89.3 Å². The van der Waals surface area contributed by atoms with Crippen LogP contribution in [0.2, 0.25) is 0 Å². The molecule has 3 rings (SSSR count). The van der Waals surface area contributed by atoms with Crippen LogP contribution in [0.4, 0.5) is 0 Å². The number of amides is 1. The Morgan fingerprint density at radius 2 is 2.29 bits per heavy atom. The van der Waals surface area contributed by atoms with E-state index >= 15 is 0 Å². The molecular formula is C18H23N3O4S3. The third-order valence-electron chi connectivity index (χ3n) is 4.80. The third-order valence-corrected chi connectivity index (χ3v) is 8.69. The molecule has 7 nitrogen and oxygen atoms in total. The molecule has 0 unspecified atom stereocenters. The summed E-state index contributed by atoms with van der Waals surface area (Å²) in [4.78, 5) is 33.3. The molecular weight excluding hydrogens is 418 g/mol. The molecule has 28 heavy (non-hydrogen) atoms. The van der Waals surface area contributed by atoms with Crippen LogP contribution >= 0.6 is 23.1 Å². The highest BCUT2D eigenvalue weighted by Gasteiger charge is 2.32. The largest absolute Gasteiger partial charge is 0.341 e. The first kappa shape index (κ1) is 21.1. The third kappa shape index (κ3) is 4.33. The number of hydrogen-bond acceptors (Lipinski definition) is 7. The predicted molar refractivity (Wildman–Crippen MR) is 114 cm³/mol. The van der Waals surface area contributed by atoms with E-state index in [0.717, 1.165) is 11.3 Å². The minimum atomic E-state index is -3.05. The second-order valence-corrected chi connectivity index (χ2v) is 11.0. The van der Waals surface area contributed by atoms with Crippen molar-refractivity contribution in [2.75, 3.05) is 24.3 Å². The number of nitrogens with zero attached hydrogens (tertiary/aromatic N) is 3. The fourth-order valence-electron chi connectivity index (χ4n) is 3.13. The fourth-order valence-corrected chi connectivity index (χ4v) is 6.85. The summed E-state index contributed by atoms with van der Waals surface area (Å²) >= 11 is 2.69. The molecule has 10 heteroatoms. The van der Waals surface area contributed by atoms with Crippen molar-refractivity contribution >= 4 is 49.1 Å². The van der Waals surface area contributed by atoms with Gasteiger partial charge in [0.2, 0.25) is 5.91 Å². The zero-order valence-corrected chi connectivity index (χ0v) is 18.3. The minimum absolute atomic E-state index is 0.0142. The second kappa shape index (κ2) is 8.38. The zero-order chi connectivity index (χ0) is 20.5. The number of hydrogen-bond donors (Lipinski definition) is 0. The van der Waals surface area contributed by atoms with Crippen molar-refractivity contribution in [3.8, 4) is 0 Å². The summed E-state index contributed by atoms with van der Waals surface area (Å²) in [7, 11) is -1.42. The summed E-state index contributed by atoms with van der Waals surface area (Å²) in [6.07, 6.45) is 2.93. The van der Waals surface area contributed by atoms with E-state index in [9.17, 15) is 18.0 Å². The second-order valence-electron chi connectivity index (χ2n) is 6.73. The Labute approximate surface area is 172 Å². The lowest BCUT2D eigenvalue weighted by atomic mass is 10.2. The van der Waals surface area contributed by atoms with Crippen molar-refractivity contribution in [2.24, 2.45) is 0 Å². The quantitative estimate of drug-likeness (QED) is 0.371. The molecule has 2 aromatic rings. The molecule has 0 saturated carbocycles. The maximum absolute atomic E-state index is 12.8. The van der Waals surface area contributed by atoms with Crippen molar-refractivity contribution in [3.05, 3.63) is 34.0 Å². The van der Waals surface area contributed by atoms with Gasteiger partial charge in [-0.1, -0.05) is 24.8 Å². The number of thioether (sulfide) groups is 1. The molecule has 3 heterocycles. The molecule has 1 atom stereocenters. The number of carbonyl (C=O) groups is 1. The number of aryl methyl sites for hydroxylation is 1. The summed E-state index contributed by atoms with van der Waals surface area (Å²) in [6.45, 7) is 6.04. The van der Waals surface area contributed by atoms with Gasteiger partial charge in [-0.2, -0.15) is 0 Å². The Balaban J connectivity index is 1.81. The van der Waals surface area contributed by atoms with Gasteiger partial charge >= 0.3 is 0 Å². The molecule has 1 aliphatic heterocycles. The number of sulfone groups is 1. The molecule has 0 aromatic carbocycles. The number of allylic oxidation sites excluding steroid dienone is 1. The van der Waals surface area contributed by atoms with Crippen LogP contribution < -0.4 is 5.56 Å². The molecule has 0 bridgehead atoms. The normalized spacial score (nSPS) is 18.4. The van der Waals surface area contributed by atoms with Gasteiger partial charge in [0.25, 0.3) is 5.56 Å². The van der Waals surface area contributed by atoms with Gasteiger partial charge in [-0.3, -0.25) is 14.2 Å². The van der Waals surface area contributed by atoms with Crippen LogP contribution in [0, 0.1) is 0 Å². The van der Waals surface area contributed by atoms with E-state index in [1.165, 1.54) is 32.6 Å². The van der Waals surface area contributed by atoms with E-state index < -0.39 is 9.84 Å². The van der Waals surface area contributed by atoms with Crippen LogP contribution in [0.1, 0.15) is 18.2 Å². The summed E-state index contributed by atoms with van der Waals surface area (Å²) in [5, 5.41) is 1.07. The van der Waals surface area contributed by atoms with Crippen molar-refractivity contribution in [2.45, 2.75) is 37.5 Å². The molecule has 0 radical (unpaired) electrons. The predicted octanol–water partition coefficient (Wildman–Crippen LogP) is 1.94. The standard InChI is InChI=1S/C18H23N3O4S3/c1-4-7-21-17(23)14-9-13(5-2)27-16(14)19-18(21)26-10-15(22)20(3)12-6-8-28(24,25)11-12/h4,9,12H,1,5-8,10-11H2,2-3H3/t12-/m1/s1. The average molecular weight is 442 g/mol. The van der Waals surface area contributed by atoms with Crippen LogP contribution in [0.5, 0.6) is 0 Å². The number of fused-ring (bicyclic) bond motifs is 1. The smallest absolute Gasteiger partial charge is 0.263 e. The Bertz CT molecular complexity index is 1070. The average Bonchev–Trinajstić information content (AvgIpc) is 3.24. The molecule has 152 valence electrons. The molecule has 0 spiro atoms. The minimum Gasteiger partial charge on any atom is -0.341 e. The van der Waals surface area contributed by atoms with E-state index in [1.807, 2.05) is 13.0 Å². The first-order valence-corrected chi connectivity index (χ1v) is 12.6. The molecule has 2 aromatic heterocycles. The lowest BCUT2D eigenvalue weighted by Crippen LogP contribution is -2.39. The molecule has 1 amide bonds. The lowest BCUT2D eigenvalue weighted by molar-refractivity contribution is -0.128. The molecule has 1 aliphatic rings. The molecule has 1 fully saturated rings. The van der Waals surface area contributed by atoms with Crippen LogP contribution in [0.25, 0.3) is 10.2 Å². The van der Waals surface area contributed by atoms with Gasteiger partial charge in [0.15, 0.2) is 15.0 Å². The summed E-state index contributed by atoms with van der Waals surface area (Å²) in [6, 6.07) is 1.59. The highest BCUT2D eigenvalue weighted by Crippen LogP contribution is 2.26. The van der Waals surface area contributed by atoms with E-state index in [-0.39, 0.29) is 34.8 Å². The number of thiophene rings is 1. The van der Waals surface area contributed by atoms with Gasteiger partial charge in [-0.25, -0.2) is 13.4 Å². The zero-order valence-electron chi connectivity index (χ0n) is 15.9. The molecule has 1 saturated heterocycles. The van der Waals surface area contributed by atoms with E-state index in [0.29, 0.717) is 28.3 Å². The monoisotopic (exact) mass is 441 g/mol. The van der Waals surface area contributed by atoms with Gasteiger partial charge in [0, 0.05) is 24.5 Å². The van der Waals surface area contributed by atoms with E-state index in [2.05, 4.69) is 11.6 Å². The van der Waals surface area contributed by atoms with Crippen molar-refractivity contribution in [3.63, 3.8) is 0 Å². The van der Waals surface area contributed by atoms with Crippen LogP contribution in [0.3, 0.4) is 0 Å². The van der Waals surface area contributed by atoms with Gasteiger partial charge in [-0.15, -0.1) is 17.9 Å². The molecule has 0 N–H and O–H groups in total. The summed E-state index contributed by atoms with van der Waals surface area (Å²) in [5.74, 6) is 0.0542. The van der Waals surface area contributed by atoms with Crippen molar-refractivity contribution < 1.29 is 13.2 Å². The van der Waals surface area contributed by atoms with Gasteiger partial charge in [-0.05, 0) is 18.9 Å². The summed E-state index contributed by atoms with van der Waals surface area (Å²) < 4.78 is 24.8. The lowest BCUT2D eigenvalue weighted by Gasteiger charge is -2.23. The highest BCUT2D eigenvalue weighted by molar-refractivity contribution is 7.99. The molecule has 0 aliphatic carbocycles. The first-order chi connectivity index (χ1) is 13.3. The Morgan fingerprint density at radius 1 is 1.54 bits per heavy atom. The fraction of sp³-hybridized carbons (Fsp3) is 0.500. The maximum atomic E-state index is 12.8. The van der Waals surface area contributed by atoms with Gasteiger partial charge in [0.1, 0.15) is 4.83 Å². The number of aromatic nitrogens is 2. The summed E-state index contributed by atoms with van der Waals surface area (Å²) in [5.41, 5.74) is -0.133. The number of carbonyl (C=O) groups excluding carboxylic acids is 1. The van der Waals surface area contributed by atoms with E-state index in [4.69, 9.17) is 0 Å². The Kier molecular flexibility index (Phi) is 6.31. The Hall–Kier alpha value is -1.65. The van der Waals surface area contributed by atoms with Crippen LogP contribution in [-0.4, -0.2) is 59.1 Å². The van der Waals surface area contributed by atoms with Crippen LogP contribution in [0.15, 0.2) is 28.7 Å². The van der Waals surface area contributed by atoms with E-state index in [1.54, 1.807) is 13.1 Å². The maximum Gasteiger partial charge on any atom is 0.263 e.